The van der Waals surface area contributed by atoms with Crippen LogP contribution in [0.5, 0.6) is 5.75 Å². The molecule has 0 saturated carbocycles. The Morgan fingerprint density at radius 2 is 1.66 bits per heavy atom. The third-order valence-electron chi connectivity index (χ3n) is 5.08. The molecule has 6 nitrogen and oxygen atoms in total. The van der Waals surface area contributed by atoms with Crippen LogP contribution in [0, 0.1) is 5.82 Å². The van der Waals surface area contributed by atoms with Gasteiger partial charge in [-0.25, -0.2) is 4.39 Å². The van der Waals surface area contributed by atoms with Crippen LogP contribution in [0.2, 0.25) is 0 Å². The van der Waals surface area contributed by atoms with Crippen LogP contribution in [0.1, 0.15) is 26.3 Å². The molecule has 2 amide bonds. The SMILES string of the molecule is O=C(Nc1cccc(C(=O)N2CCOCC2)c1)c1cccc(OCc2ccc(F)cc2)c1. The van der Waals surface area contributed by atoms with Crippen molar-refractivity contribution in [3.63, 3.8) is 0 Å². The van der Waals surface area contributed by atoms with Gasteiger partial charge in [0.1, 0.15) is 18.2 Å². The predicted octanol–water partition coefficient (Wildman–Crippen LogP) is 4.13. The zero-order valence-electron chi connectivity index (χ0n) is 17.4. The van der Waals surface area contributed by atoms with Crippen molar-refractivity contribution in [2.45, 2.75) is 6.61 Å². The number of hydrogen-bond acceptors (Lipinski definition) is 4. The second-order valence-corrected chi connectivity index (χ2v) is 7.38. The predicted molar refractivity (Wildman–Crippen MR) is 118 cm³/mol. The molecule has 3 aromatic carbocycles. The largest absolute Gasteiger partial charge is 0.489 e. The Labute approximate surface area is 185 Å². The van der Waals surface area contributed by atoms with E-state index in [0.717, 1.165) is 5.56 Å². The highest BCUT2D eigenvalue weighted by Crippen LogP contribution is 2.18. The summed E-state index contributed by atoms with van der Waals surface area (Å²) in [6.07, 6.45) is 0. The van der Waals surface area contributed by atoms with Gasteiger partial charge in [-0.05, 0) is 54.1 Å². The van der Waals surface area contributed by atoms with Gasteiger partial charge in [-0.1, -0.05) is 24.3 Å². The summed E-state index contributed by atoms with van der Waals surface area (Å²) in [7, 11) is 0. The van der Waals surface area contributed by atoms with Gasteiger partial charge >= 0.3 is 0 Å². The molecule has 1 fully saturated rings. The quantitative estimate of drug-likeness (QED) is 0.634. The maximum atomic E-state index is 13.0. The van der Waals surface area contributed by atoms with Crippen LogP contribution in [0.4, 0.5) is 10.1 Å². The van der Waals surface area contributed by atoms with Crippen molar-refractivity contribution >= 4 is 17.5 Å². The highest BCUT2D eigenvalue weighted by atomic mass is 19.1. The molecule has 3 aromatic rings. The zero-order valence-corrected chi connectivity index (χ0v) is 17.4. The van der Waals surface area contributed by atoms with Gasteiger partial charge in [0.15, 0.2) is 0 Å². The normalized spacial score (nSPS) is 13.5. The molecule has 4 rings (SSSR count). The minimum atomic E-state index is -0.312. The minimum absolute atomic E-state index is 0.0828. The molecule has 1 aliphatic rings. The van der Waals surface area contributed by atoms with Gasteiger partial charge in [0, 0.05) is 29.9 Å². The summed E-state index contributed by atoms with van der Waals surface area (Å²) in [6, 6.07) is 19.7. The lowest BCUT2D eigenvalue weighted by molar-refractivity contribution is 0.0303. The summed E-state index contributed by atoms with van der Waals surface area (Å²) < 4.78 is 24.0. The van der Waals surface area contributed by atoms with Gasteiger partial charge in [-0.15, -0.1) is 0 Å². The molecular formula is C25H23FN2O4. The topological polar surface area (TPSA) is 67.9 Å². The second-order valence-electron chi connectivity index (χ2n) is 7.38. The summed E-state index contributed by atoms with van der Waals surface area (Å²) >= 11 is 0. The van der Waals surface area contributed by atoms with Crippen LogP contribution in [-0.2, 0) is 11.3 Å². The molecule has 1 heterocycles. The standard InChI is InChI=1S/C25H23FN2O4/c26-21-9-7-18(8-10-21)17-32-23-6-2-3-19(16-23)24(29)27-22-5-1-4-20(15-22)25(30)28-11-13-31-14-12-28/h1-10,15-16H,11-14,17H2,(H,27,29). The minimum Gasteiger partial charge on any atom is -0.489 e. The number of anilines is 1. The summed E-state index contributed by atoms with van der Waals surface area (Å²) in [5.74, 6) is -0.171. The van der Waals surface area contributed by atoms with E-state index in [1.807, 2.05) is 0 Å². The van der Waals surface area contributed by atoms with Crippen molar-refractivity contribution in [2.75, 3.05) is 31.6 Å². The van der Waals surface area contributed by atoms with Crippen molar-refractivity contribution < 1.29 is 23.5 Å². The lowest BCUT2D eigenvalue weighted by Gasteiger charge is -2.27. The monoisotopic (exact) mass is 434 g/mol. The molecular weight excluding hydrogens is 411 g/mol. The van der Waals surface area contributed by atoms with E-state index < -0.39 is 0 Å². The Bertz CT molecular complexity index is 1100. The Morgan fingerprint density at radius 3 is 2.44 bits per heavy atom. The van der Waals surface area contributed by atoms with Crippen molar-refractivity contribution in [2.24, 2.45) is 0 Å². The van der Waals surface area contributed by atoms with Crippen molar-refractivity contribution in [1.29, 1.82) is 0 Å². The summed E-state index contributed by atoms with van der Waals surface area (Å²) in [5.41, 5.74) is 2.29. The number of hydrogen-bond donors (Lipinski definition) is 1. The smallest absolute Gasteiger partial charge is 0.255 e. The third kappa shape index (κ3) is 5.50. The number of halogens is 1. The van der Waals surface area contributed by atoms with E-state index in [0.29, 0.717) is 48.9 Å². The molecule has 0 aromatic heterocycles. The number of amides is 2. The molecule has 0 bridgehead atoms. The van der Waals surface area contributed by atoms with Crippen LogP contribution >= 0.6 is 0 Å². The van der Waals surface area contributed by atoms with Crippen molar-refractivity contribution in [3.05, 3.63) is 95.3 Å². The molecule has 0 radical (unpaired) electrons. The van der Waals surface area contributed by atoms with E-state index in [-0.39, 0.29) is 24.2 Å². The van der Waals surface area contributed by atoms with Gasteiger partial charge in [-0.2, -0.15) is 0 Å². The van der Waals surface area contributed by atoms with E-state index in [2.05, 4.69) is 5.32 Å². The average molecular weight is 434 g/mol. The summed E-state index contributed by atoms with van der Waals surface area (Å²) in [5, 5.41) is 2.83. The fourth-order valence-electron chi connectivity index (χ4n) is 3.36. The number of nitrogens with zero attached hydrogens (tertiary/aromatic N) is 1. The van der Waals surface area contributed by atoms with Crippen LogP contribution < -0.4 is 10.1 Å². The first-order valence-electron chi connectivity index (χ1n) is 10.3. The fourth-order valence-corrected chi connectivity index (χ4v) is 3.36. The number of benzene rings is 3. The Morgan fingerprint density at radius 1 is 0.938 bits per heavy atom. The maximum absolute atomic E-state index is 13.0. The van der Waals surface area contributed by atoms with E-state index in [1.165, 1.54) is 12.1 Å². The van der Waals surface area contributed by atoms with Crippen molar-refractivity contribution in [1.82, 2.24) is 4.90 Å². The fraction of sp³-hybridized carbons (Fsp3) is 0.200. The Balaban J connectivity index is 1.40. The number of rotatable bonds is 6. The van der Waals surface area contributed by atoms with E-state index in [1.54, 1.807) is 65.6 Å². The molecule has 32 heavy (non-hydrogen) atoms. The molecule has 7 heteroatoms. The lowest BCUT2D eigenvalue weighted by Crippen LogP contribution is -2.40. The second kappa shape index (κ2) is 10.1. The zero-order chi connectivity index (χ0) is 22.3. The van der Waals surface area contributed by atoms with Gasteiger partial charge in [0.25, 0.3) is 11.8 Å². The third-order valence-corrected chi connectivity index (χ3v) is 5.08. The van der Waals surface area contributed by atoms with Crippen molar-refractivity contribution in [3.8, 4) is 5.75 Å². The maximum Gasteiger partial charge on any atom is 0.255 e. The first-order chi connectivity index (χ1) is 15.6. The molecule has 1 saturated heterocycles. The number of carbonyl (C=O) groups is 2. The Hall–Kier alpha value is -3.71. The van der Waals surface area contributed by atoms with Crippen LogP contribution in [-0.4, -0.2) is 43.0 Å². The van der Waals surface area contributed by atoms with Gasteiger partial charge in [0.05, 0.1) is 13.2 Å². The van der Waals surface area contributed by atoms with E-state index in [9.17, 15) is 14.0 Å². The van der Waals surface area contributed by atoms with E-state index >= 15 is 0 Å². The van der Waals surface area contributed by atoms with Crippen LogP contribution in [0.25, 0.3) is 0 Å². The molecule has 164 valence electrons. The number of nitrogens with one attached hydrogen (secondary N) is 1. The summed E-state index contributed by atoms with van der Waals surface area (Å²) in [6.45, 7) is 2.43. The van der Waals surface area contributed by atoms with Gasteiger partial charge in [-0.3, -0.25) is 9.59 Å². The molecule has 0 atom stereocenters. The molecule has 0 unspecified atom stereocenters. The number of carbonyl (C=O) groups excluding carboxylic acids is 2. The highest BCUT2D eigenvalue weighted by Gasteiger charge is 2.19. The highest BCUT2D eigenvalue weighted by molar-refractivity contribution is 6.05. The van der Waals surface area contributed by atoms with Crippen LogP contribution in [0.3, 0.4) is 0 Å². The van der Waals surface area contributed by atoms with Gasteiger partial charge in [0.2, 0.25) is 0 Å². The Kier molecular flexibility index (Phi) is 6.77. The average Bonchev–Trinajstić information content (AvgIpc) is 2.84. The van der Waals surface area contributed by atoms with Crippen LogP contribution in [0.15, 0.2) is 72.8 Å². The molecule has 1 N–H and O–H groups in total. The number of morpholine rings is 1. The molecule has 1 aliphatic heterocycles. The number of ether oxygens (including phenoxy) is 2. The van der Waals surface area contributed by atoms with E-state index in [4.69, 9.17) is 9.47 Å². The molecule has 0 spiro atoms. The van der Waals surface area contributed by atoms with Gasteiger partial charge < -0.3 is 19.7 Å². The first kappa shape index (κ1) is 21.5. The summed E-state index contributed by atoms with van der Waals surface area (Å²) in [4.78, 5) is 27.2. The molecule has 0 aliphatic carbocycles. The lowest BCUT2D eigenvalue weighted by atomic mass is 10.1. The first-order valence-corrected chi connectivity index (χ1v) is 10.3.